The second kappa shape index (κ2) is 7.40. The Morgan fingerprint density at radius 2 is 1.63 bits per heavy atom. The Bertz CT molecular complexity index is 1110. The van der Waals surface area contributed by atoms with E-state index in [4.69, 9.17) is 0 Å². The molecule has 2 aliphatic rings. The van der Waals surface area contributed by atoms with Gasteiger partial charge in [0.15, 0.2) is 0 Å². The molecule has 2 aromatic carbocycles. The number of nitrogens with one attached hydrogen (secondary N) is 1. The summed E-state index contributed by atoms with van der Waals surface area (Å²) in [4.78, 5) is 43.1. The Hall–Kier alpha value is -3.48. The van der Waals surface area contributed by atoms with Gasteiger partial charge in [-0.2, -0.15) is 0 Å². The average Bonchev–Trinajstić information content (AvgIpc) is 3.30. The molecule has 1 aromatic heterocycles. The molecule has 0 bridgehead atoms. The molecule has 5 rings (SSSR count). The summed E-state index contributed by atoms with van der Waals surface area (Å²) < 4.78 is 1.98. The van der Waals surface area contributed by atoms with Gasteiger partial charge >= 0.3 is 0 Å². The highest BCUT2D eigenvalue weighted by Crippen LogP contribution is 2.37. The molecule has 30 heavy (non-hydrogen) atoms. The number of amides is 3. The van der Waals surface area contributed by atoms with Crippen LogP contribution in [0.1, 0.15) is 25.7 Å². The van der Waals surface area contributed by atoms with Crippen LogP contribution in [0.15, 0.2) is 54.9 Å². The number of rotatable bonds is 4. The van der Waals surface area contributed by atoms with Gasteiger partial charge in [-0.25, -0.2) is 4.98 Å². The van der Waals surface area contributed by atoms with Crippen molar-refractivity contribution in [2.75, 3.05) is 11.9 Å². The van der Waals surface area contributed by atoms with Gasteiger partial charge < -0.3 is 5.32 Å². The van der Waals surface area contributed by atoms with Crippen LogP contribution in [-0.2, 0) is 14.4 Å². The summed E-state index contributed by atoms with van der Waals surface area (Å²) in [5.74, 6) is -1.22. The number of aromatic nitrogens is 2. The molecule has 3 aromatic rings. The maximum absolute atomic E-state index is 12.5. The number of likely N-dealkylation sites (tertiary alicyclic amines) is 1. The van der Waals surface area contributed by atoms with Gasteiger partial charge in [0.2, 0.25) is 17.7 Å². The fourth-order valence-electron chi connectivity index (χ4n) is 4.60. The van der Waals surface area contributed by atoms with Crippen LogP contribution < -0.4 is 5.32 Å². The SMILES string of the molecule is O=C(CN1C(=O)C2CCCCC2C1=O)Nc1ccc(-n2cnc3ccccc32)cc1. The number of carbonyl (C=O) groups is 3. The first-order valence-electron chi connectivity index (χ1n) is 10.3. The minimum atomic E-state index is -0.365. The molecule has 1 N–H and O–H groups in total. The van der Waals surface area contributed by atoms with E-state index in [1.807, 2.05) is 41.0 Å². The zero-order valence-corrected chi connectivity index (χ0v) is 16.5. The van der Waals surface area contributed by atoms with Crippen molar-refractivity contribution < 1.29 is 14.4 Å². The highest BCUT2D eigenvalue weighted by atomic mass is 16.2. The fourth-order valence-corrected chi connectivity index (χ4v) is 4.60. The van der Waals surface area contributed by atoms with Crippen LogP contribution in [-0.4, -0.2) is 38.7 Å². The smallest absolute Gasteiger partial charge is 0.244 e. The molecule has 2 fully saturated rings. The summed E-state index contributed by atoms with van der Waals surface area (Å²) in [6, 6.07) is 15.3. The highest BCUT2D eigenvalue weighted by molar-refractivity contribution is 6.08. The number of imidazole rings is 1. The van der Waals surface area contributed by atoms with Crippen LogP contribution in [0.4, 0.5) is 5.69 Å². The van der Waals surface area contributed by atoms with Crippen molar-refractivity contribution in [2.24, 2.45) is 11.8 Å². The van der Waals surface area contributed by atoms with Crippen molar-refractivity contribution in [1.82, 2.24) is 14.5 Å². The van der Waals surface area contributed by atoms with E-state index in [9.17, 15) is 14.4 Å². The average molecular weight is 402 g/mol. The lowest BCUT2D eigenvalue weighted by atomic mass is 9.81. The number of benzene rings is 2. The molecule has 2 heterocycles. The Morgan fingerprint density at radius 3 is 2.33 bits per heavy atom. The number of hydrogen-bond acceptors (Lipinski definition) is 4. The monoisotopic (exact) mass is 402 g/mol. The summed E-state index contributed by atoms with van der Waals surface area (Å²) in [5.41, 5.74) is 3.46. The zero-order valence-electron chi connectivity index (χ0n) is 16.5. The quantitative estimate of drug-likeness (QED) is 0.680. The normalized spacial score (nSPS) is 21.1. The minimum absolute atomic E-state index is 0.192. The number of fused-ring (bicyclic) bond motifs is 2. The molecule has 0 spiro atoms. The molecule has 2 unspecified atom stereocenters. The van der Waals surface area contributed by atoms with E-state index in [1.54, 1.807) is 18.5 Å². The van der Waals surface area contributed by atoms with Crippen molar-refractivity contribution in [3.63, 3.8) is 0 Å². The predicted octanol–water partition coefficient (Wildman–Crippen LogP) is 3.14. The lowest BCUT2D eigenvalue weighted by molar-refractivity contribution is -0.142. The van der Waals surface area contributed by atoms with Gasteiger partial charge in [-0.05, 0) is 49.2 Å². The standard InChI is InChI=1S/C23H22N4O3/c28-21(13-26-22(29)17-5-1-2-6-18(17)23(26)30)25-15-9-11-16(12-10-15)27-14-24-19-7-3-4-8-20(19)27/h3-4,7-12,14,17-18H,1-2,5-6,13H2,(H,25,28). The van der Waals surface area contributed by atoms with E-state index in [1.165, 1.54) is 0 Å². The zero-order chi connectivity index (χ0) is 20.7. The van der Waals surface area contributed by atoms with Crippen LogP contribution >= 0.6 is 0 Å². The van der Waals surface area contributed by atoms with Crippen molar-refractivity contribution in [3.8, 4) is 5.69 Å². The third-order valence-electron chi connectivity index (χ3n) is 6.12. The Labute approximate surface area is 173 Å². The Balaban J connectivity index is 1.27. The number of carbonyl (C=O) groups excluding carboxylic acids is 3. The molecule has 7 nitrogen and oxygen atoms in total. The molecule has 1 saturated heterocycles. The van der Waals surface area contributed by atoms with Gasteiger partial charge in [-0.3, -0.25) is 23.9 Å². The van der Waals surface area contributed by atoms with E-state index >= 15 is 0 Å². The van der Waals surface area contributed by atoms with Gasteiger partial charge in [0.1, 0.15) is 12.9 Å². The topological polar surface area (TPSA) is 84.3 Å². The van der Waals surface area contributed by atoms with Crippen molar-refractivity contribution >= 4 is 34.4 Å². The number of anilines is 1. The van der Waals surface area contributed by atoms with Gasteiger partial charge in [0.05, 0.1) is 22.9 Å². The molecule has 2 atom stereocenters. The predicted molar refractivity (Wildman–Crippen MR) is 112 cm³/mol. The molecular weight excluding hydrogens is 380 g/mol. The van der Waals surface area contributed by atoms with E-state index < -0.39 is 0 Å². The van der Waals surface area contributed by atoms with Crippen molar-refractivity contribution in [3.05, 3.63) is 54.9 Å². The first-order chi connectivity index (χ1) is 14.6. The maximum Gasteiger partial charge on any atom is 0.244 e. The maximum atomic E-state index is 12.5. The number of imide groups is 1. The lowest BCUT2D eigenvalue weighted by Gasteiger charge is -2.19. The summed E-state index contributed by atoms with van der Waals surface area (Å²) in [6.07, 6.45) is 5.20. The van der Waals surface area contributed by atoms with Gasteiger partial charge in [0, 0.05) is 11.4 Å². The third-order valence-corrected chi connectivity index (χ3v) is 6.12. The summed E-state index contributed by atoms with van der Waals surface area (Å²) in [6.45, 7) is -0.224. The first-order valence-corrected chi connectivity index (χ1v) is 10.3. The lowest BCUT2D eigenvalue weighted by Crippen LogP contribution is -2.38. The second-order valence-electron chi connectivity index (χ2n) is 7.96. The third kappa shape index (κ3) is 3.16. The van der Waals surface area contributed by atoms with Gasteiger partial charge in [-0.15, -0.1) is 0 Å². The number of hydrogen-bond donors (Lipinski definition) is 1. The molecule has 7 heteroatoms. The van der Waals surface area contributed by atoms with Crippen LogP contribution in [0.2, 0.25) is 0 Å². The molecule has 152 valence electrons. The summed E-state index contributed by atoms with van der Waals surface area (Å²) in [7, 11) is 0. The van der Waals surface area contributed by atoms with Crippen molar-refractivity contribution in [1.29, 1.82) is 0 Å². The molecule has 3 amide bonds. The van der Waals surface area contributed by atoms with Crippen LogP contribution in [0.25, 0.3) is 16.7 Å². The Kier molecular flexibility index (Phi) is 4.58. The summed E-state index contributed by atoms with van der Waals surface area (Å²) in [5, 5.41) is 2.79. The van der Waals surface area contributed by atoms with Crippen LogP contribution in [0.5, 0.6) is 0 Å². The van der Waals surface area contributed by atoms with E-state index in [0.717, 1.165) is 47.3 Å². The second-order valence-corrected chi connectivity index (χ2v) is 7.96. The van der Waals surface area contributed by atoms with Crippen LogP contribution in [0, 0.1) is 11.8 Å². The fraction of sp³-hybridized carbons (Fsp3) is 0.304. The van der Waals surface area contributed by atoms with E-state index in [-0.39, 0.29) is 36.1 Å². The van der Waals surface area contributed by atoms with E-state index in [0.29, 0.717) is 5.69 Å². The highest BCUT2D eigenvalue weighted by Gasteiger charge is 2.48. The largest absolute Gasteiger partial charge is 0.325 e. The van der Waals surface area contributed by atoms with E-state index in [2.05, 4.69) is 10.3 Å². The molecule has 1 aliphatic carbocycles. The minimum Gasteiger partial charge on any atom is -0.325 e. The molecule has 1 saturated carbocycles. The van der Waals surface area contributed by atoms with Crippen LogP contribution in [0.3, 0.4) is 0 Å². The first kappa shape index (κ1) is 18.5. The van der Waals surface area contributed by atoms with Gasteiger partial charge in [-0.1, -0.05) is 25.0 Å². The summed E-state index contributed by atoms with van der Waals surface area (Å²) >= 11 is 0. The number of para-hydroxylation sites is 2. The van der Waals surface area contributed by atoms with Crippen molar-refractivity contribution in [2.45, 2.75) is 25.7 Å². The van der Waals surface area contributed by atoms with Gasteiger partial charge in [0.25, 0.3) is 0 Å². The number of nitrogens with zero attached hydrogens (tertiary/aromatic N) is 3. The molecule has 0 radical (unpaired) electrons. The Morgan fingerprint density at radius 1 is 0.967 bits per heavy atom. The molecule has 1 aliphatic heterocycles. The molecular formula is C23H22N4O3.